The molecule has 3 heteroatoms. The summed E-state index contributed by atoms with van der Waals surface area (Å²) >= 11 is 1.79. The Bertz CT molecular complexity index is 757. The van der Waals surface area contributed by atoms with Gasteiger partial charge in [-0.15, -0.1) is 0 Å². The average molecular weight is 294 g/mol. The molecule has 2 heterocycles. The second kappa shape index (κ2) is 5.49. The lowest BCUT2D eigenvalue weighted by atomic mass is 10.3. The molecule has 1 aliphatic rings. The van der Waals surface area contributed by atoms with Crippen LogP contribution in [-0.4, -0.2) is 17.1 Å². The van der Waals surface area contributed by atoms with E-state index in [-0.39, 0.29) is 0 Å². The van der Waals surface area contributed by atoms with Crippen LogP contribution >= 0.6 is 11.9 Å². The fraction of sp³-hybridized carbons (Fsp3) is 0.222. The van der Waals surface area contributed by atoms with Crippen LogP contribution in [0.4, 0.5) is 5.69 Å². The van der Waals surface area contributed by atoms with E-state index in [1.54, 1.807) is 11.9 Å². The highest BCUT2D eigenvalue weighted by atomic mass is 32.2. The third kappa shape index (κ3) is 2.54. The highest BCUT2D eigenvalue weighted by molar-refractivity contribution is 7.98. The highest BCUT2D eigenvalue weighted by Gasteiger charge is 2.12. The molecule has 0 N–H and O–H groups in total. The number of anilines is 1. The molecule has 1 aromatic heterocycles. The third-order valence-electron chi connectivity index (χ3n) is 4.06. The van der Waals surface area contributed by atoms with Crippen LogP contribution in [0.3, 0.4) is 0 Å². The first kappa shape index (κ1) is 12.8. The van der Waals surface area contributed by atoms with E-state index < -0.39 is 0 Å². The topological polar surface area (TPSA) is 8.17 Å². The molecule has 0 amide bonds. The number of hydrogen-bond donors (Lipinski definition) is 0. The molecule has 0 atom stereocenters. The van der Waals surface area contributed by atoms with E-state index in [1.807, 2.05) is 0 Å². The van der Waals surface area contributed by atoms with Crippen LogP contribution in [-0.2, 0) is 0 Å². The Labute approximate surface area is 129 Å². The molecule has 0 radical (unpaired) electrons. The maximum absolute atomic E-state index is 2.48. The SMILES string of the molecule is c1cc(Sn2ccc3ccccc32)cc(N2CCCC2)c1. The average Bonchev–Trinajstić information content (AvgIpc) is 3.18. The van der Waals surface area contributed by atoms with Gasteiger partial charge in [-0.1, -0.05) is 24.3 Å². The standard InChI is InChI=1S/C18H18N2S/c1-2-9-18-15(6-1)10-13-20(18)21-17-8-5-7-16(14-17)19-11-3-4-12-19/h1-2,5-10,13-14H,3-4,11-12H2. The smallest absolute Gasteiger partial charge is 0.0594 e. The van der Waals surface area contributed by atoms with Gasteiger partial charge >= 0.3 is 0 Å². The number of benzene rings is 2. The van der Waals surface area contributed by atoms with Crippen molar-refractivity contribution in [1.29, 1.82) is 0 Å². The zero-order valence-electron chi connectivity index (χ0n) is 11.9. The van der Waals surface area contributed by atoms with Crippen LogP contribution in [0.25, 0.3) is 10.9 Å². The van der Waals surface area contributed by atoms with Gasteiger partial charge in [-0.05, 0) is 55.1 Å². The van der Waals surface area contributed by atoms with E-state index in [0.29, 0.717) is 0 Å². The Balaban J connectivity index is 1.63. The number of nitrogens with zero attached hydrogens (tertiary/aromatic N) is 2. The van der Waals surface area contributed by atoms with Crippen molar-refractivity contribution < 1.29 is 0 Å². The molecule has 3 aromatic rings. The van der Waals surface area contributed by atoms with Crippen LogP contribution in [0.15, 0.2) is 65.7 Å². The Morgan fingerprint density at radius 3 is 2.62 bits per heavy atom. The molecule has 1 saturated heterocycles. The van der Waals surface area contributed by atoms with E-state index in [1.165, 1.54) is 47.4 Å². The van der Waals surface area contributed by atoms with Crippen molar-refractivity contribution in [2.24, 2.45) is 0 Å². The van der Waals surface area contributed by atoms with Gasteiger partial charge in [-0.25, -0.2) is 0 Å². The maximum Gasteiger partial charge on any atom is 0.0594 e. The Morgan fingerprint density at radius 2 is 1.71 bits per heavy atom. The van der Waals surface area contributed by atoms with Gasteiger partial charge in [0.1, 0.15) is 0 Å². The summed E-state index contributed by atoms with van der Waals surface area (Å²) in [5.41, 5.74) is 2.63. The van der Waals surface area contributed by atoms with Crippen molar-refractivity contribution >= 4 is 28.5 Å². The largest absolute Gasteiger partial charge is 0.372 e. The molecule has 2 nitrogen and oxygen atoms in total. The molecule has 0 spiro atoms. The number of rotatable bonds is 3. The van der Waals surface area contributed by atoms with Gasteiger partial charge in [0.15, 0.2) is 0 Å². The van der Waals surface area contributed by atoms with Crippen molar-refractivity contribution in [3.63, 3.8) is 0 Å². The number of hydrogen-bond acceptors (Lipinski definition) is 2. The summed E-state index contributed by atoms with van der Waals surface area (Å²) in [6.07, 6.45) is 4.79. The first-order chi connectivity index (χ1) is 10.4. The van der Waals surface area contributed by atoms with Crippen LogP contribution in [0, 0.1) is 0 Å². The van der Waals surface area contributed by atoms with Gasteiger partial charge in [-0.3, -0.25) is 3.97 Å². The van der Waals surface area contributed by atoms with E-state index >= 15 is 0 Å². The van der Waals surface area contributed by atoms with E-state index in [0.717, 1.165) is 0 Å². The van der Waals surface area contributed by atoms with Crippen molar-refractivity contribution in [3.8, 4) is 0 Å². The Kier molecular flexibility index (Phi) is 3.36. The van der Waals surface area contributed by atoms with E-state index in [2.05, 4.69) is 69.7 Å². The lowest BCUT2D eigenvalue weighted by Crippen LogP contribution is -2.17. The highest BCUT2D eigenvalue weighted by Crippen LogP contribution is 2.30. The summed E-state index contributed by atoms with van der Waals surface area (Å²) in [7, 11) is 0. The minimum atomic E-state index is 1.20. The summed E-state index contributed by atoms with van der Waals surface area (Å²) in [6, 6.07) is 19.6. The van der Waals surface area contributed by atoms with Gasteiger partial charge in [0.25, 0.3) is 0 Å². The molecular formula is C18H18N2S. The predicted molar refractivity (Wildman–Crippen MR) is 91.1 cm³/mol. The summed E-state index contributed by atoms with van der Waals surface area (Å²) < 4.78 is 2.25. The van der Waals surface area contributed by atoms with Crippen molar-refractivity contribution in [2.45, 2.75) is 17.7 Å². The quantitative estimate of drug-likeness (QED) is 0.686. The fourth-order valence-electron chi connectivity index (χ4n) is 2.96. The second-order valence-electron chi connectivity index (χ2n) is 5.48. The van der Waals surface area contributed by atoms with Gasteiger partial charge in [0.05, 0.1) is 5.52 Å². The monoisotopic (exact) mass is 294 g/mol. The first-order valence-corrected chi connectivity index (χ1v) is 8.27. The van der Waals surface area contributed by atoms with Crippen LogP contribution < -0.4 is 4.90 Å². The van der Waals surface area contributed by atoms with Crippen LogP contribution in [0.5, 0.6) is 0 Å². The molecular weight excluding hydrogens is 276 g/mol. The number of fused-ring (bicyclic) bond motifs is 1. The lowest BCUT2D eigenvalue weighted by molar-refractivity contribution is 0.949. The molecule has 0 aliphatic carbocycles. The maximum atomic E-state index is 2.48. The first-order valence-electron chi connectivity index (χ1n) is 7.50. The van der Waals surface area contributed by atoms with Gasteiger partial charge in [-0.2, -0.15) is 0 Å². The Morgan fingerprint density at radius 1 is 0.857 bits per heavy atom. The van der Waals surface area contributed by atoms with E-state index in [4.69, 9.17) is 0 Å². The summed E-state index contributed by atoms with van der Waals surface area (Å²) in [5.74, 6) is 0. The molecule has 4 rings (SSSR count). The molecule has 0 bridgehead atoms. The molecule has 106 valence electrons. The van der Waals surface area contributed by atoms with Crippen LogP contribution in [0.1, 0.15) is 12.8 Å². The summed E-state index contributed by atoms with van der Waals surface area (Å²) in [4.78, 5) is 3.78. The molecule has 1 aliphatic heterocycles. The van der Waals surface area contributed by atoms with Crippen molar-refractivity contribution in [1.82, 2.24) is 3.97 Å². The number of aromatic nitrogens is 1. The van der Waals surface area contributed by atoms with E-state index in [9.17, 15) is 0 Å². The summed E-state index contributed by atoms with van der Waals surface area (Å²) in [6.45, 7) is 2.39. The zero-order valence-corrected chi connectivity index (χ0v) is 12.7. The lowest BCUT2D eigenvalue weighted by Gasteiger charge is -2.18. The van der Waals surface area contributed by atoms with Crippen molar-refractivity contribution in [2.75, 3.05) is 18.0 Å². The Hall–Kier alpha value is -1.87. The molecule has 0 saturated carbocycles. The fourth-order valence-corrected chi connectivity index (χ4v) is 3.89. The minimum Gasteiger partial charge on any atom is -0.372 e. The summed E-state index contributed by atoms with van der Waals surface area (Å²) in [5, 5.41) is 1.29. The molecule has 21 heavy (non-hydrogen) atoms. The molecule has 2 aromatic carbocycles. The predicted octanol–water partition coefficient (Wildman–Crippen LogP) is 4.80. The van der Waals surface area contributed by atoms with Gasteiger partial charge in [0.2, 0.25) is 0 Å². The minimum absolute atomic E-state index is 1.20. The second-order valence-corrected chi connectivity index (χ2v) is 6.53. The van der Waals surface area contributed by atoms with Crippen LogP contribution in [0.2, 0.25) is 0 Å². The van der Waals surface area contributed by atoms with Crippen molar-refractivity contribution in [3.05, 3.63) is 60.8 Å². The zero-order chi connectivity index (χ0) is 14.1. The third-order valence-corrected chi connectivity index (χ3v) is 5.04. The van der Waals surface area contributed by atoms with Gasteiger partial charge < -0.3 is 4.90 Å². The molecule has 0 unspecified atom stereocenters. The van der Waals surface area contributed by atoms with Gasteiger partial charge in [0, 0.05) is 35.3 Å². The normalized spacial score (nSPS) is 15.0. The molecule has 1 fully saturated rings. The number of para-hydroxylation sites is 1.